The van der Waals surface area contributed by atoms with Gasteiger partial charge in [-0.1, -0.05) is 0 Å². The van der Waals surface area contributed by atoms with Gasteiger partial charge in [-0.2, -0.15) is 13.2 Å². The average Bonchev–Trinajstić information content (AvgIpc) is 2.86. The first-order valence-electron chi connectivity index (χ1n) is 12.3. The molecule has 2 heterocycles. The summed E-state index contributed by atoms with van der Waals surface area (Å²) in [5.41, 5.74) is 0.0109. The fourth-order valence-corrected chi connectivity index (χ4v) is 4.11. The first-order valence-corrected chi connectivity index (χ1v) is 12.3. The number of carbonyl (C=O) groups excluding carboxylic acids is 4. The number of rotatable bonds is 8. The van der Waals surface area contributed by atoms with E-state index in [4.69, 9.17) is 28.4 Å². The van der Waals surface area contributed by atoms with Gasteiger partial charge >= 0.3 is 30.1 Å². The molecule has 0 unspecified atom stereocenters. The smallest absolute Gasteiger partial charge is 0.416 e. The molecule has 0 bridgehead atoms. The predicted octanol–water partition coefficient (Wildman–Crippen LogP) is 3.54. The van der Waals surface area contributed by atoms with Crippen molar-refractivity contribution in [1.82, 2.24) is 4.98 Å². The Hall–Kier alpha value is -4.20. The van der Waals surface area contributed by atoms with Crippen molar-refractivity contribution in [1.29, 1.82) is 0 Å². The van der Waals surface area contributed by atoms with Crippen LogP contribution in [0.15, 0.2) is 36.5 Å². The molecule has 2 aromatic rings. The number of hydrogen-bond donors (Lipinski definition) is 0. The van der Waals surface area contributed by atoms with Crippen LogP contribution in [0.2, 0.25) is 0 Å². The summed E-state index contributed by atoms with van der Waals surface area (Å²) in [7, 11) is 0. The van der Waals surface area contributed by atoms with Gasteiger partial charge in [-0.3, -0.25) is 24.2 Å². The zero-order chi connectivity index (χ0) is 30.5. The summed E-state index contributed by atoms with van der Waals surface area (Å²) in [5, 5.41) is 0. The lowest BCUT2D eigenvalue weighted by molar-refractivity contribution is -0.288. The third kappa shape index (κ3) is 8.39. The van der Waals surface area contributed by atoms with E-state index in [1.165, 1.54) is 18.2 Å². The minimum atomic E-state index is -4.55. The molecule has 222 valence electrons. The summed E-state index contributed by atoms with van der Waals surface area (Å²) in [4.78, 5) is 51.3. The van der Waals surface area contributed by atoms with E-state index < -0.39 is 72.9 Å². The zero-order valence-electron chi connectivity index (χ0n) is 22.7. The zero-order valence-corrected chi connectivity index (χ0v) is 22.7. The van der Waals surface area contributed by atoms with Gasteiger partial charge in [0.2, 0.25) is 12.4 Å². The van der Waals surface area contributed by atoms with Crippen LogP contribution in [-0.4, -0.2) is 66.2 Å². The Kier molecular flexibility index (Phi) is 9.92. The van der Waals surface area contributed by atoms with Crippen LogP contribution in [0.25, 0.3) is 11.3 Å². The quantitative estimate of drug-likeness (QED) is 0.333. The van der Waals surface area contributed by atoms with Crippen molar-refractivity contribution < 1.29 is 60.8 Å². The molecule has 1 aromatic carbocycles. The lowest BCUT2D eigenvalue weighted by atomic mass is 9.98. The van der Waals surface area contributed by atoms with E-state index >= 15 is 0 Å². The Morgan fingerprint density at radius 3 is 2.02 bits per heavy atom. The highest BCUT2D eigenvalue weighted by molar-refractivity contribution is 5.69. The summed E-state index contributed by atoms with van der Waals surface area (Å²) >= 11 is 0. The van der Waals surface area contributed by atoms with Crippen LogP contribution in [0.3, 0.4) is 0 Å². The van der Waals surface area contributed by atoms with Crippen molar-refractivity contribution in [2.45, 2.75) is 71.5 Å². The van der Waals surface area contributed by atoms with Crippen LogP contribution in [0.5, 0.6) is 5.75 Å². The highest BCUT2D eigenvalue weighted by Gasteiger charge is 2.53. The largest absolute Gasteiger partial charge is 0.463 e. The number of hydrogen-bond acceptors (Lipinski definition) is 11. The number of benzene rings is 1. The first kappa shape index (κ1) is 31.3. The Balaban J connectivity index is 1.98. The summed E-state index contributed by atoms with van der Waals surface area (Å²) in [6, 6.07) is 6.22. The van der Waals surface area contributed by atoms with Gasteiger partial charge in [0.05, 0.1) is 11.3 Å². The molecule has 1 fully saturated rings. The van der Waals surface area contributed by atoms with Crippen molar-refractivity contribution in [3.05, 3.63) is 47.7 Å². The van der Waals surface area contributed by atoms with Crippen molar-refractivity contribution in [3.63, 3.8) is 0 Å². The van der Waals surface area contributed by atoms with Crippen molar-refractivity contribution in [2.24, 2.45) is 0 Å². The molecule has 5 atom stereocenters. The molecule has 11 nitrogen and oxygen atoms in total. The van der Waals surface area contributed by atoms with Crippen LogP contribution in [0.1, 0.15) is 38.8 Å². The topological polar surface area (TPSA) is 137 Å². The number of esters is 4. The van der Waals surface area contributed by atoms with Crippen LogP contribution in [-0.2, 0) is 49.0 Å². The molecule has 1 aliphatic rings. The van der Waals surface area contributed by atoms with Gasteiger partial charge in [0.15, 0.2) is 12.2 Å². The second kappa shape index (κ2) is 13.0. The average molecular weight is 584 g/mol. The molecule has 1 aromatic heterocycles. The maximum Gasteiger partial charge on any atom is 0.416 e. The molecule has 0 aliphatic carbocycles. The number of carbonyl (C=O) groups is 4. The first-order chi connectivity index (χ1) is 19.1. The van der Waals surface area contributed by atoms with E-state index in [2.05, 4.69) is 4.98 Å². The molecule has 0 N–H and O–H groups in total. The number of aryl methyl sites for hydroxylation is 1. The SMILES string of the molecule is CC(=O)OC[C@H]1O[C@H](Oc2ccc(-c3cc(C(F)(F)F)ccn3)cc2C)[C@@H](OC(C)=O)[C@@H](OC(C)=O)[C@@H]1OC(C)=O. The van der Waals surface area contributed by atoms with Crippen LogP contribution in [0, 0.1) is 6.92 Å². The molecular weight excluding hydrogens is 555 g/mol. The molecular formula is C27H28F3NO10. The van der Waals surface area contributed by atoms with E-state index in [1.807, 2.05) is 0 Å². The molecule has 0 spiro atoms. The highest BCUT2D eigenvalue weighted by Crippen LogP contribution is 2.35. The standard InChI is InChI=1S/C27H28F3NO10/c1-13-10-18(20-11-19(8-9-31-20)27(28,29)30)6-7-21(13)40-26-25(39-17(5)35)24(38-16(4)34)23(37-15(3)33)22(41-26)12-36-14(2)32/h6-11,22-26H,12H2,1-5H3/t22-,23-,24+,25+,26+/m1/s1. The summed E-state index contributed by atoms with van der Waals surface area (Å²) in [6.45, 7) is 5.60. The van der Waals surface area contributed by atoms with E-state index in [0.29, 0.717) is 11.1 Å². The van der Waals surface area contributed by atoms with Gasteiger partial charge in [-0.05, 0) is 42.8 Å². The molecule has 0 amide bonds. The van der Waals surface area contributed by atoms with Gasteiger partial charge in [-0.25, -0.2) is 0 Å². The fourth-order valence-electron chi connectivity index (χ4n) is 4.11. The van der Waals surface area contributed by atoms with Gasteiger partial charge in [0.1, 0.15) is 18.5 Å². The third-order valence-corrected chi connectivity index (χ3v) is 5.75. The molecule has 0 radical (unpaired) electrons. The number of nitrogens with zero attached hydrogens (tertiary/aromatic N) is 1. The lowest BCUT2D eigenvalue weighted by Crippen LogP contribution is -2.63. The molecule has 1 saturated heterocycles. The van der Waals surface area contributed by atoms with E-state index in [0.717, 1.165) is 46.0 Å². The van der Waals surface area contributed by atoms with E-state index in [1.54, 1.807) is 6.92 Å². The predicted molar refractivity (Wildman–Crippen MR) is 132 cm³/mol. The number of alkyl halides is 3. The summed E-state index contributed by atoms with van der Waals surface area (Å²) < 4.78 is 72.5. The minimum absolute atomic E-state index is 0.0711. The van der Waals surface area contributed by atoms with Crippen LogP contribution >= 0.6 is 0 Å². The van der Waals surface area contributed by atoms with Crippen LogP contribution < -0.4 is 4.74 Å². The van der Waals surface area contributed by atoms with Gasteiger partial charge in [-0.15, -0.1) is 0 Å². The maximum atomic E-state index is 13.2. The van der Waals surface area contributed by atoms with E-state index in [-0.39, 0.29) is 11.4 Å². The Morgan fingerprint density at radius 1 is 0.854 bits per heavy atom. The van der Waals surface area contributed by atoms with Crippen molar-refractivity contribution >= 4 is 23.9 Å². The molecule has 1 aliphatic heterocycles. The summed E-state index contributed by atoms with van der Waals surface area (Å²) in [5.74, 6) is -2.88. The Labute approximate surface area is 232 Å². The van der Waals surface area contributed by atoms with Crippen LogP contribution in [0.4, 0.5) is 13.2 Å². The third-order valence-electron chi connectivity index (χ3n) is 5.75. The normalized spacial score (nSPS) is 22.3. The maximum absolute atomic E-state index is 13.2. The lowest BCUT2D eigenvalue weighted by Gasteiger charge is -2.44. The molecule has 0 saturated carbocycles. The highest BCUT2D eigenvalue weighted by atomic mass is 19.4. The number of halogens is 3. The second-order valence-electron chi connectivity index (χ2n) is 9.09. The second-order valence-corrected chi connectivity index (χ2v) is 9.09. The monoisotopic (exact) mass is 583 g/mol. The molecule has 3 rings (SSSR count). The number of pyridine rings is 1. The van der Waals surface area contributed by atoms with Crippen molar-refractivity contribution in [3.8, 4) is 17.0 Å². The van der Waals surface area contributed by atoms with Gasteiger partial charge in [0.25, 0.3) is 0 Å². The van der Waals surface area contributed by atoms with E-state index in [9.17, 15) is 32.3 Å². The number of ether oxygens (including phenoxy) is 6. The molecule has 41 heavy (non-hydrogen) atoms. The Morgan fingerprint density at radius 2 is 1.46 bits per heavy atom. The minimum Gasteiger partial charge on any atom is -0.463 e. The molecule has 14 heteroatoms. The Bertz CT molecular complexity index is 1300. The van der Waals surface area contributed by atoms with Crippen molar-refractivity contribution in [2.75, 3.05) is 6.61 Å². The van der Waals surface area contributed by atoms with Gasteiger partial charge in [0, 0.05) is 39.5 Å². The number of aromatic nitrogens is 1. The fraction of sp³-hybridized carbons (Fsp3) is 0.444. The summed E-state index contributed by atoms with van der Waals surface area (Å²) in [6.07, 6.45) is -10.4. The van der Waals surface area contributed by atoms with Gasteiger partial charge < -0.3 is 28.4 Å².